The molecule has 1 aliphatic carbocycles. The lowest BCUT2D eigenvalue weighted by Crippen LogP contribution is -2.28. The van der Waals surface area contributed by atoms with Crippen LogP contribution in [-0.4, -0.2) is 15.8 Å². The molecule has 0 saturated heterocycles. The Bertz CT molecular complexity index is 393. The first-order valence-electron chi connectivity index (χ1n) is 6.10. The van der Waals surface area contributed by atoms with Gasteiger partial charge in [0.15, 0.2) is 0 Å². The van der Waals surface area contributed by atoms with Crippen LogP contribution in [0.1, 0.15) is 38.3 Å². The first-order chi connectivity index (χ1) is 7.79. The summed E-state index contributed by atoms with van der Waals surface area (Å²) in [4.78, 5) is 11.3. The molecule has 1 heterocycles. The Morgan fingerprint density at radius 2 is 2.19 bits per heavy atom. The van der Waals surface area contributed by atoms with E-state index in [0.29, 0.717) is 12.6 Å². The summed E-state index contributed by atoms with van der Waals surface area (Å²) in [6, 6.07) is 4.06. The Morgan fingerprint density at radius 1 is 1.44 bits per heavy atom. The first-order valence-corrected chi connectivity index (χ1v) is 6.10. The van der Waals surface area contributed by atoms with Gasteiger partial charge in [0.2, 0.25) is 0 Å². The minimum absolute atomic E-state index is 0.0212. The molecule has 0 unspecified atom stereocenters. The predicted octanol–water partition coefficient (Wildman–Crippen LogP) is 1.30. The Hall–Kier alpha value is -1.16. The lowest BCUT2D eigenvalue weighted by Gasteiger charge is -2.11. The van der Waals surface area contributed by atoms with Crippen molar-refractivity contribution in [2.75, 3.05) is 0 Å². The van der Waals surface area contributed by atoms with Crippen molar-refractivity contribution >= 4 is 0 Å². The third kappa shape index (κ3) is 2.70. The Balaban J connectivity index is 1.95. The van der Waals surface area contributed by atoms with Crippen LogP contribution in [0.15, 0.2) is 16.9 Å². The van der Waals surface area contributed by atoms with Crippen LogP contribution in [0.25, 0.3) is 0 Å². The van der Waals surface area contributed by atoms with E-state index in [0.717, 1.165) is 12.2 Å². The highest BCUT2D eigenvalue weighted by atomic mass is 16.1. The number of nitrogens with one attached hydrogen (secondary N) is 1. The third-order valence-corrected chi connectivity index (χ3v) is 3.15. The van der Waals surface area contributed by atoms with Crippen LogP contribution < -0.4 is 10.9 Å². The quantitative estimate of drug-likeness (QED) is 0.833. The van der Waals surface area contributed by atoms with E-state index < -0.39 is 0 Å². The van der Waals surface area contributed by atoms with Crippen molar-refractivity contribution in [1.29, 1.82) is 0 Å². The van der Waals surface area contributed by atoms with E-state index in [-0.39, 0.29) is 5.56 Å². The molecule has 1 aromatic rings. The standard InChI is InChI=1S/C12H19N3O/c1-2-15-12(16)8-7-11(14-15)9-13-10-5-3-4-6-10/h7-8,10,13H,2-6,9H2,1H3. The number of hydrogen-bond acceptors (Lipinski definition) is 3. The van der Waals surface area contributed by atoms with Gasteiger partial charge >= 0.3 is 0 Å². The molecule has 0 radical (unpaired) electrons. The molecule has 0 bridgehead atoms. The summed E-state index contributed by atoms with van der Waals surface area (Å²) in [7, 11) is 0. The number of nitrogens with zero attached hydrogens (tertiary/aromatic N) is 2. The summed E-state index contributed by atoms with van der Waals surface area (Å²) in [5, 5.41) is 7.78. The summed E-state index contributed by atoms with van der Waals surface area (Å²) >= 11 is 0. The second-order valence-electron chi connectivity index (χ2n) is 4.34. The Morgan fingerprint density at radius 3 is 2.88 bits per heavy atom. The highest BCUT2D eigenvalue weighted by molar-refractivity contribution is 5.00. The molecule has 0 aromatic carbocycles. The first kappa shape index (κ1) is 11.3. The van der Waals surface area contributed by atoms with Crippen molar-refractivity contribution in [3.8, 4) is 0 Å². The van der Waals surface area contributed by atoms with Gasteiger partial charge in [-0.15, -0.1) is 0 Å². The number of hydrogen-bond donors (Lipinski definition) is 1. The van der Waals surface area contributed by atoms with Crippen LogP contribution in [0.4, 0.5) is 0 Å². The van der Waals surface area contributed by atoms with Crippen molar-refractivity contribution < 1.29 is 0 Å². The van der Waals surface area contributed by atoms with Crippen molar-refractivity contribution in [3.63, 3.8) is 0 Å². The van der Waals surface area contributed by atoms with Gasteiger partial charge in [0.05, 0.1) is 5.69 Å². The van der Waals surface area contributed by atoms with E-state index in [1.54, 1.807) is 6.07 Å². The molecule has 16 heavy (non-hydrogen) atoms. The molecule has 1 aromatic heterocycles. The second-order valence-corrected chi connectivity index (χ2v) is 4.34. The van der Waals surface area contributed by atoms with Crippen molar-refractivity contribution in [1.82, 2.24) is 15.1 Å². The Kier molecular flexibility index (Phi) is 3.72. The minimum Gasteiger partial charge on any atom is -0.308 e. The summed E-state index contributed by atoms with van der Waals surface area (Å²) < 4.78 is 1.51. The van der Waals surface area contributed by atoms with Crippen LogP contribution in [0.5, 0.6) is 0 Å². The molecule has 4 heteroatoms. The van der Waals surface area contributed by atoms with Crippen molar-refractivity contribution in [2.24, 2.45) is 0 Å². The molecule has 0 aliphatic heterocycles. The van der Waals surface area contributed by atoms with E-state index in [2.05, 4.69) is 10.4 Å². The van der Waals surface area contributed by atoms with Gasteiger partial charge in [0, 0.05) is 25.2 Å². The third-order valence-electron chi connectivity index (χ3n) is 3.15. The van der Waals surface area contributed by atoms with E-state index >= 15 is 0 Å². The van der Waals surface area contributed by atoms with E-state index in [4.69, 9.17) is 0 Å². The molecule has 0 spiro atoms. The zero-order valence-electron chi connectivity index (χ0n) is 9.78. The largest absolute Gasteiger partial charge is 0.308 e. The normalized spacial score (nSPS) is 16.8. The fourth-order valence-corrected chi connectivity index (χ4v) is 2.19. The summed E-state index contributed by atoms with van der Waals surface area (Å²) in [5.41, 5.74) is 0.931. The maximum absolute atomic E-state index is 11.3. The zero-order chi connectivity index (χ0) is 11.4. The molecule has 2 rings (SSSR count). The molecular weight excluding hydrogens is 202 g/mol. The average molecular weight is 221 g/mol. The topological polar surface area (TPSA) is 46.9 Å². The van der Waals surface area contributed by atoms with Gasteiger partial charge in [-0.25, -0.2) is 4.68 Å². The molecule has 1 saturated carbocycles. The van der Waals surface area contributed by atoms with E-state index in [1.807, 2.05) is 13.0 Å². The highest BCUT2D eigenvalue weighted by Gasteiger charge is 2.14. The lowest BCUT2D eigenvalue weighted by atomic mass is 10.2. The fourth-order valence-electron chi connectivity index (χ4n) is 2.19. The maximum Gasteiger partial charge on any atom is 0.266 e. The Labute approximate surface area is 95.7 Å². The van der Waals surface area contributed by atoms with Gasteiger partial charge in [0.1, 0.15) is 0 Å². The molecule has 1 fully saturated rings. The number of aryl methyl sites for hydroxylation is 1. The van der Waals surface area contributed by atoms with Gasteiger partial charge in [-0.3, -0.25) is 4.79 Å². The summed E-state index contributed by atoms with van der Waals surface area (Å²) in [6.45, 7) is 3.34. The van der Waals surface area contributed by atoms with Crippen molar-refractivity contribution in [2.45, 2.75) is 51.7 Å². The van der Waals surface area contributed by atoms with Crippen LogP contribution >= 0.6 is 0 Å². The van der Waals surface area contributed by atoms with Crippen LogP contribution in [0.3, 0.4) is 0 Å². The van der Waals surface area contributed by atoms with E-state index in [9.17, 15) is 4.79 Å². The SMILES string of the molecule is CCn1nc(CNC2CCCC2)ccc1=O. The second kappa shape index (κ2) is 5.25. The van der Waals surface area contributed by atoms with Gasteiger partial charge in [-0.05, 0) is 25.8 Å². The molecular formula is C12H19N3O. The van der Waals surface area contributed by atoms with Crippen LogP contribution in [0, 0.1) is 0 Å². The molecule has 4 nitrogen and oxygen atoms in total. The van der Waals surface area contributed by atoms with E-state index in [1.165, 1.54) is 30.4 Å². The molecule has 1 aliphatic rings. The number of rotatable bonds is 4. The molecule has 1 N–H and O–H groups in total. The zero-order valence-corrected chi connectivity index (χ0v) is 9.78. The fraction of sp³-hybridized carbons (Fsp3) is 0.667. The minimum atomic E-state index is -0.0212. The molecule has 88 valence electrons. The smallest absolute Gasteiger partial charge is 0.266 e. The predicted molar refractivity (Wildman–Crippen MR) is 63.3 cm³/mol. The van der Waals surface area contributed by atoms with Crippen molar-refractivity contribution in [3.05, 3.63) is 28.2 Å². The van der Waals surface area contributed by atoms with Gasteiger partial charge in [0.25, 0.3) is 5.56 Å². The van der Waals surface area contributed by atoms with Crippen LogP contribution in [0.2, 0.25) is 0 Å². The number of aromatic nitrogens is 2. The summed E-state index contributed by atoms with van der Waals surface area (Å²) in [6.07, 6.45) is 5.21. The monoisotopic (exact) mass is 221 g/mol. The lowest BCUT2D eigenvalue weighted by molar-refractivity contribution is 0.504. The molecule has 0 atom stereocenters. The maximum atomic E-state index is 11.3. The average Bonchev–Trinajstić information content (AvgIpc) is 2.81. The van der Waals surface area contributed by atoms with Crippen LogP contribution in [-0.2, 0) is 13.1 Å². The van der Waals surface area contributed by atoms with Gasteiger partial charge in [-0.2, -0.15) is 5.10 Å². The van der Waals surface area contributed by atoms with Gasteiger partial charge in [-0.1, -0.05) is 12.8 Å². The van der Waals surface area contributed by atoms with Gasteiger partial charge < -0.3 is 5.32 Å². The molecule has 0 amide bonds. The highest BCUT2D eigenvalue weighted by Crippen LogP contribution is 2.17. The summed E-state index contributed by atoms with van der Waals surface area (Å²) in [5.74, 6) is 0.